The van der Waals surface area contributed by atoms with E-state index in [4.69, 9.17) is 0 Å². The first-order valence-electron chi connectivity index (χ1n) is 9.94. The van der Waals surface area contributed by atoms with Crippen LogP contribution in [0.4, 0.5) is 17.6 Å². The summed E-state index contributed by atoms with van der Waals surface area (Å²) >= 11 is 0. The van der Waals surface area contributed by atoms with Crippen molar-refractivity contribution in [2.45, 2.75) is 35.4 Å². The molecule has 0 bridgehead atoms. The van der Waals surface area contributed by atoms with Crippen LogP contribution in [0.1, 0.15) is 35.2 Å². The minimum absolute atomic E-state index is 0.0177. The zero-order valence-electron chi connectivity index (χ0n) is 18.1. The van der Waals surface area contributed by atoms with E-state index in [1.807, 2.05) is 0 Å². The first kappa shape index (κ1) is 25.9. The zero-order valence-corrected chi connectivity index (χ0v) is 19.7. The Bertz CT molecular complexity index is 1400. The summed E-state index contributed by atoms with van der Waals surface area (Å²) < 4.78 is 105. The van der Waals surface area contributed by atoms with Crippen LogP contribution >= 0.6 is 0 Å². The summed E-state index contributed by atoms with van der Waals surface area (Å²) in [5.74, 6) is -0.831. The van der Waals surface area contributed by atoms with Gasteiger partial charge in [-0.2, -0.15) is 13.2 Å². The predicted octanol–water partition coefficient (Wildman–Crippen LogP) is 4.88. The minimum Gasteiger partial charge on any atom is -0.219 e. The third kappa shape index (κ3) is 6.22. The molecule has 0 saturated carbocycles. The summed E-state index contributed by atoms with van der Waals surface area (Å²) in [5.41, 5.74) is 0.203. The molecule has 11 heteroatoms. The second kappa shape index (κ2) is 9.47. The van der Waals surface area contributed by atoms with Gasteiger partial charge in [0.1, 0.15) is 5.82 Å². The molecule has 5 nitrogen and oxygen atoms in total. The van der Waals surface area contributed by atoms with Gasteiger partial charge in [0.05, 0.1) is 21.6 Å². The van der Waals surface area contributed by atoms with E-state index in [1.54, 1.807) is 31.2 Å². The van der Waals surface area contributed by atoms with Crippen LogP contribution in [0.5, 0.6) is 0 Å². The zero-order chi connectivity index (χ0) is 25.3. The minimum atomic E-state index is -4.77. The first-order valence-corrected chi connectivity index (χ1v) is 13.3. The number of hydrogen-bond donors (Lipinski definition) is 1. The predicted molar refractivity (Wildman–Crippen MR) is 119 cm³/mol. The summed E-state index contributed by atoms with van der Waals surface area (Å²) in [4.78, 5) is -1.02. The van der Waals surface area contributed by atoms with Crippen molar-refractivity contribution in [3.05, 3.63) is 94.8 Å². The van der Waals surface area contributed by atoms with Gasteiger partial charge in [-0.1, -0.05) is 36.4 Å². The molecule has 0 aliphatic rings. The number of sulfonamides is 1. The van der Waals surface area contributed by atoms with Gasteiger partial charge in [-0.3, -0.25) is 0 Å². The third-order valence-corrected chi connectivity index (χ3v) is 7.67. The molecular weight excluding hydrogens is 494 g/mol. The summed E-state index contributed by atoms with van der Waals surface area (Å²) in [7, 11) is -7.89. The Morgan fingerprint density at radius 2 is 1.56 bits per heavy atom. The van der Waals surface area contributed by atoms with Crippen LogP contribution in [0.15, 0.2) is 76.5 Å². The molecule has 3 aromatic carbocycles. The monoisotopic (exact) mass is 515 g/mol. The van der Waals surface area contributed by atoms with Gasteiger partial charge in [-0.15, -0.1) is 0 Å². The second-order valence-corrected chi connectivity index (χ2v) is 11.5. The summed E-state index contributed by atoms with van der Waals surface area (Å²) in [5, 5.41) is 0. The lowest BCUT2D eigenvalue weighted by Crippen LogP contribution is -2.25. The highest BCUT2D eigenvalue weighted by Crippen LogP contribution is 2.34. The normalized spacial score (nSPS) is 13.6. The summed E-state index contributed by atoms with van der Waals surface area (Å²) in [6.07, 6.45) is -3.76. The van der Waals surface area contributed by atoms with E-state index in [2.05, 4.69) is 4.72 Å². The molecule has 0 saturated heterocycles. The number of benzene rings is 3. The average Bonchev–Trinajstić information content (AvgIpc) is 2.72. The van der Waals surface area contributed by atoms with E-state index >= 15 is 0 Å². The molecule has 0 heterocycles. The van der Waals surface area contributed by atoms with Crippen LogP contribution in [0.2, 0.25) is 0 Å². The molecule has 1 atom stereocenters. The SMILES string of the molecule is C[C@H](NS(C)(=O)=O)c1ccc(Cc2ccc(C(F)(F)F)cc2S(=O)(=O)c2cccc(F)c2)cc1. The largest absolute Gasteiger partial charge is 0.416 e. The van der Waals surface area contributed by atoms with Crippen molar-refractivity contribution in [1.82, 2.24) is 4.72 Å². The van der Waals surface area contributed by atoms with Crippen LogP contribution in [0.25, 0.3) is 0 Å². The van der Waals surface area contributed by atoms with Gasteiger partial charge in [0.2, 0.25) is 19.9 Å². The fourth-order valence-corrected chi connectivity index (χ4v) is 5.75. The second-order valence-electron chi connectivity index (χ2n) is 7.81. The molecular formula is C23H21F4NO4S2. The van der Waals surface area contributed by atoms with Gasteiger partial charge in [-0.25, -0.2) is 25.9 Å². The highest BCUT2D eigenvalue weighted by molar-refractivity contribution is 7.91. The van der Waals surface area contributed by atoms with Crippen molar-refractivity contribution in [2.24, 2.45) is 0 Å². The van der Waals surface area contributed by atoms with E-state index in [-0.39, 0.29) is 12.0 Å². The number of sulfone groups is 1. The molecule has 0 aliphatic carbocycles. The molecule has 3 aromatic rings. The maximum Gasteiger partial charge on any atom is 0.416 e. The van der Waals surface area contributed by atoms with Crippen molar-refractivity contribution in [3.8, 4) is 0 Å². The van der Waals surface area contributed by atoms with Gasteiger partial charge in [0.15, 0.2) is 0 Å². The number of halogens is 4. The molecule has 34 heavy (non-hydrogen) atoms. The van der Waals surface area contributed by atoms with Crippen LogP contribution in [0.3, 0.4) is 0 Å². The number of rotatable bonds is 7. The van der Waals surface area contributed by atoms with Crippen LogP contribution < -0.4 is 4.72 Å². The van der Waals surface area contributed by atoms with Crippen molar-refractivity contribution < 1.29 is 34.4 Å². The van der Waals surface area contributed by atoms with E-state index in [1.165, 1.54) is 6.07 Å². The lowest BCUT2D eigenvalue weighted by Gasteiger charge is -2.16. The van der Waals surface area contributed by atoms with Gasteiger partial charge in [0, 0.05) is 6.04 Å². The Balaban J connectivity index is 2.02. The lowest BCUT2D eigenvalue weighted by molar-refractivity contribution is -0.137. The molecule has 0 aromatic heterocycles. The van der Waals surface area contributed by atoms with E-state index in [0.29, 0.717) is 17.2 Å². The lowest BCUT2D eigenvalue weighted by atomic mass is 10.0. The van der Waals surface area contributed by atoms with Crippen molar-refractivity contribution in [2.75, 3.05) is 6.26 Å². The van der Waals surface area contributed by atoms with E-state index in [9.17, 15) is 34.4 Å². The average molecular weight is 516 g/mol. The van der Waals surface area contributed by atoms with Crippen molar-refractivity contribution in [3.63, 3.8) is 0 Å². The van der Waals surface area contributed by atoms with Gasteiger partial charge in [0.25, 0.3) is 0 Å². The topological polar surface area (TPSA) is 80.3 Å². The highest BCUT2D eigenvalue weighted by atomic mass is 32.2. The standard InChI is InChI=1S/C23H21F4NO4S2/c1-15(28-33(2,29)30)17-8-6-16(7-9-17)12-18-10-11-19(23(25,26)27)13-22(18)34(31,32)21-5-3-4-20(24)14-21/h3-11,13-15,28H,12H2,1-2H3/t15-/m0/s1. The Morgan fingerprint density at radius 3 is 2.12 bits per heavy atom. The Labute approximate surface area is 195 Å². The molecule has 1 N–H and O–H groups in total. The Kier molecular flexibility index (Phi) is 7.20. The number of hydrogen-bond acceptors (Lipinski definition) is 4. The Hall–Kier alpha value is -2.76. The van der Waals surface area contributed by atoms with Crippen LogP contribution in [-0.4, -0.2) is 23.1 Å². The molecule has 0 aliphatic heterocycles. The smallest absolute Gasteiger partial charge is 0.219 e. The van der Waals surface area contributed by atoms with Gasteiger partial charge >= 0.3 is 6.18 Å². The van der Waals surface area contributed by atoms with E-state index in [0.717, 1.165) is 36.6 Å². The number of nitrogens with one attached hydrogen (secondary N) is 1. The fourth-order valence-electron chi connectivity index (χ4n) is 3.42. The molecule has 0 radical (unpaired) electrons. The van der Waals surface area contributed by atoms with Crippen LogP contribution in [-0.2, 0) is 32.5 Å². The number of alkyl halides is 3. The first-order chi connectivity index (χ1) is 15.7. The maximum absolute atomic E-state index is 13.6. The van der Waals surface area contributed by atoms with Crippen molar-refractivity contribution in [1.29, 1.82) is 0 Å². The maximum atomic E-state index is 13.6. The van der Waals surface area contributed by atoms with E-state index < -0.39 is 53.3 Å². The third-order valence-electron chi connectivity index (χ3n) is 5.06. The highest BCUT2D eigenvalue weighted by Gasteiger charge is 2.33. The molecule has 0 fully saturated rings. The van der Waals surface area contributed by atoms with Gasteiger partial charge in [-0.05, 0) is 60.4 Å². The molecule has 3 rings (SSSR count). The molecule has 0 amide bonds. The summed E-state index contributed by atoms with van der Waals surface area (Å²) in [6, 6.07) is 12.6. The van der Waals surface area contributed by atoms with Gasteiger partial charge < -0.3 is 0 Å². The van der Waals surface area contributed by atoms with Crippen molar-refractivity contribution >= 4 is 19.9 Å². The van der Waals surface area contributed by atoms with Crippen LogP contribution in [0, 0.1) is 5.82 Å². The molecule has 0 unspecified atom stereocenters. The summed E-state index contributed by atoms with van der Waals surface area (Å²) in [6.45, 7) is 1.65. The Morgan fingerprint density at radius 1 is 0.912 bits per heavy atom. The quantitative estimate of drug-likeness (QED) is 0.455. The molecule has 182 valence electrons. The molecule has 0 spiro atoms. The fraction of sp³-hybridized carbons (Fsp3) is 0.217.